The van der Waals surface area contributed by atoms with Crippen LogP contribution >= 0.6 is 0 Å². The Morgan fingerprint density at radius 3 is 2.68 bits per heavy atom. The minimum absolute atomic E-state index is 0.248. The molecule has 19 heavy (non-hydrogen) atoms. The summed E-state index contributed by atoms with van der Waals surface area (Å²) in [6.07, 6.45) is 2.10. The van der Waals surface area contributed by atoms with E-state index in [9.17, 15) is 4.79 Å². The van der Waals surface area contributed by atoms with Crippen molar-refractivity contribution in [3.05, 3.63) is 5.82 Å². The highest BCUT2D eigenvalue weighted by molar-refractivity contribution is 5.67. The van der Waals surface area contributed by atoms with Crippen LogP contribution in [0.1, 0.15) is 24.7 Å². The molecule has 3 rings (SSSR count). The van der Waals surface area contributed by atoms with Crippen molar-refractivity contribution in [1.82, 2.24) is 30.0 Å². The molecule has 1 aliphatic heterocycles. The number of amides is 1. The van der Waals surface area contributed by atoms with Gasteiger partial charge in [-0.3, -0.25) is 4.90 Å². The van der Waals surface area contributed by atoms with Crippen LogP contribution in [0.3, 0.4) is 0 Å². The number of ether oxygens (including phenoxy) is 1. The zero-order chi connectivity index (χ0) is 13.2. The molecule has 2 aliphatic rings. The first-order chi connectivity index (χ1) is 9.28. The fourth-order valence-electron chi connectivity index (χ4n) is 2.34. The topological polar surface area (TPSA) is 76.4 Å². The Kier molecular flexibility index (Phi) is 3.33. The van der Waals surface area contributed by atoms with E-state index >= 15 is 0 Å². The number of rotatable bonds is 3. The van der Waals surface area contributed by atoms with Crippen molar-refractivity contribution < 1.29 is 9.53 Å². The van der Waals surface area contributed by atoms with Crippen LogP contribution in [0.4, 0.5) is 4.79 Å². The average Bonchev–Trinajstić information content (AvgIpc) is 3.19. The van der Waals surface area contributed by atoms with Crippen molar-refractivity contribution in [2.45, 2.75) is 25.4 Å². The van der Waals surface area contributed by atoms with Crippen LogP contribution in [0.2, 0.25) is 0 Å². The van der Waals surface area contributed by atoms with Crippen molar-refractivity contribution in [1.29, 1.82) is 0 Å². The van der Waals surface area contributed by atoms with Crippen LogP contribution in [0.5, 0.6) is 0 Å². The maximum Gasteiger partial charge on any atom is 0.409 e. The molecule has 0 spiro atoms. The molecular weight excluding hydrogens is 248 g/mol. The molecule has 8 nitrogen and oxygen atoms in total. The molecule has 1 aromatic rings. The van der Waals surface area contributed by atoms with Crippen LogP contribution in [0.25, 0.3) is 0 Å². The van der Waals surface area contributed by atoms with Crippen molar-refractivity contribution in [3.8, 4) is 0 Å². The van der Waals surface area contributed by atoms with Crippen LogP contribution in [-0.4, -0.2) is 69.4 Å². The summed E-state index contributed by atoms with van der Waals surface area (Å²) in [5.41, 5.74) is 0. The van der Waals surface area contributed by atoms with Gasteiger partial charge in [-0.25, -0.2) is 9.48 Å². The molecule has 8 heteroatoms. The first-order valence-electron chi connectivity index (χ1n) is 6.60. The predicted octanol–water partition coefficient (Wildman–Crippen LogP) is -0.108. The lowest BCUT2D eigenvalue weighted by molar-refractivity contribution is 0.0875. The molecule has 0 bridgehead atoms. The van der Waals surface area contributed by atoms with Gasteiger partial charge in [0.25, 0.3) is 0 Å². The van der Waals surface area contributed by atoms with Crippen LogP contribution in [-0.2, 0) is 11.3 Å². The standard InChI is InChI=1S/C11H18N6O2/c1-19-11(18)16-6-4-15(5-7-16)8-10-12-13-14-17(10)9-2-3-9/h9H,2-8H2,1H3. The summed E-state index contributed by atoms with van der Waals surface area (Å²) in [7, 11) is 1.42. The zero-order valence-electron chi connectivity index (χ0n) is 11.0. The lowest BCUT2D eigenvalue weighted by Crippen LogP contribution is -2.48. The number of carbonyl (C=O) groups is 1. The second-order valence-electron chi connectivity index (χ2n) is 5.00. The van der Waals surface area contributed by atoms with Crippen molar-refractivity contribution in [3.63, 3.8) is 0 Å². The van der Waals surface area contributed by atoms with Gasteiger partial charge in [-0.1, -0.05) is 0 Å². The lowest BCUT2D eigenvalue weighted by Gasteiger charge is -2.33. The quantitative estimate of drug-likeness (QED) is 0.760. The van der Waals surface area contributed by atoms with Crippen molar-refractivity contribution in [2.24, 2.45) is 0 Å². The average molecular weight is 266 g/mol. The third kappa shape index (κ3) is 2.67. The number of methoxy groups -OCH3 is 1. The van der Waals surface area contributed by atoms with Gasteiger partial charge in [0, 0.05) is 26.2 Å². The fraction of sp³-hybridized carbons (Fsp3) is 0.818. The maximum atomic E-state index is 11.4. The highest BCUT2D eigenvalue weighted by Crippen LogP contribution is 2.34. The second-order valence-corrected chi connectivity index (χ2v) is 5.00. The molecule has 1 aromatic heterocycles. The first kappa shape index (κ1) is 12.3. The van der Waals surface area contributed by atoms with E-state index in [-0.39, 0.29) is 6.09 Å². The van der Waals surface area contributed by atoms with Gasteiger partial charge >= 0.3 is 6.09 Å². The van der Waals surface area contributed by atoms with E-state index in [1.165, 1.54) is 20.0 Å². The molecular formula is C11H18N6O2. The Bertz CT molecular complexity index is 450. The minimum Gasteiger partial charge on any atom is -0.453 e. The maximum absolute atomic E-state index is 11.4. The number of carbonyl (C=O) groups excluding carboxylic acids is 1. The highest BCUT2D eigenvalue weighted by Gasteiger charge is 2.29. The second kappa shape index (κ2) is 5.12. The van der Waals surface area contributed by atoms with E-state index in [1.807, 2.05) is 4.68 Å². The van der Waals surface area contributed by atoms with Gasteiger partial charge in [0.15, 0.2) is 5.82 Å². The number of nitrogens with zero attached hydrogens (tertiary/aromatic N) is 6. The van der Waals surface area contributed by atoms with Gasteiger partial charge in [-0.2, -0.15) is 0 Å². The summed E-state index contributed by atoms with van der Waals surface area (Å²) in [6, 6.07) is 0.501. The number of piperazine rings is 1. The minimum atomic E-state index is -0.248. The zero-order valence-corrected chi connectivity index (χ0v) is 11.0. The Balaban J connectivity index is 1.54. The van der Waals surface area contributed by atoms with Gasteiger partial charge in [0.2, 0.25) is 0 Å². The summed E-state index contributed by atoms with van der Waals surface area (Å²) in [5, 5.41) is 11.9. The van der Waals surface area contributed by atoms with E-state index in [2.05, 4.69) is 20.4 Å². The molecule has 0 atom stereocenters. The van der Waals surface area contributed by atoms with E-state index < -0.39 is 0 Å². The number of hydrogen-bond donors (Lipinski definition) is 0. The summed E-state index contributed by atoms with van der Waals surface area (Å²) >= 11 is 0. The van der Waals surface area contributed by atoms with Gasteiger partial charge in [0.1, 0.15) is 0 Å². The van der Waals surface area contributed by atoms with Crippen LogP contribution < -0.4 is 0 Å². The molecule has 104 valence electrons. The lowest BCUT2D eigenvalue weighted by atomic mass is 10.3. The number of aromatic nitrogens is 4. The molecule has 0 radical (unpaired) electrons. The summed E-state index contributed by atoms with van der Waals surface area (Å²) in [5.74, 6) is 0.925. The van der Waals surface area contributed by atoms with E-state index in [4.69, 9.17) is 4.74 Å². The summed E-state index contributed by atoms with van der Waals surface area (Å²) in [4.78, 5) is 15.4. The molecule has 0 aromatic carbocycles. The Hall–Kier alpha value is -1.70. The monoisotopic (exact) mass is 266 g/mol. The third-order valence-corrected chi connectivity index (χ3v) is 3.62. The molecule has 0 unspecified atom stereocenters. The number of tetrazole rings is 1. The van der Waals surface area contributed by atoms with Gasteiger partial charge in [-0.05, 0) is 23.3 Å². The van der Waals surface area contributed by atoms with Gasteiger partial charge in [0.05, 0.1) is 19.7 Å². The first-order valence-corrected chi connectivity index (χ1v) is 6.60. The van der Waals surface area contributed by atoms with Gasteiger partial charge < -0.3 is 9.64 Å². The molecule has 1 saturated heterocycles. The van der Waals surface area contributed by atoms with Crippen molar-refractivity contribution in [2.75, 3.05) is 33.3 Å². The smallest absolute Gasteiger partial charge is 0.409 e. The summed E-state index contributed by atoms with van der Waals surface area (Å²) < 4.78 is 6.66. The van der Waals surface area contributed by atoms with E-state index in [0.29, 0.717) is 19.1 Å². The largest absolute Gasteiger partial charge is 0.453 e. The predicted molar refractivity (Wildman–Crippen MR) is 65.3 cm³/mol. The Morgan fingerprint density at radius 2 is 2.05 bits per heavy atom. The van der Waals surface area contributed by atoms with E-state index in [1.54, 1.807) is 4.90 Å². The van der Waals surface area contributed by atoms with Crippen LogP contribution in [0, 0.1) is 0 Å². The van der Waals surface area contributed by atoms with Gasteiger partial charge in [-0.15, -0.1) is 5.10 Å². The van der Waals surface area contributed by atoms with E-state index in [0.717, 1.165) is 25.5 Å². The van der Waals surface area contributed by atoms with Crippen molar-refractivity contribution >= 4 is 6.09 Å². The Labute approximate surface area is 111 Å². The normalized spacial score (nSPS) is 20.6. The molecule has 1 aliphatic carbocycles. The number of hydrogen-bond acceptors (Lipinski definition) is 6. The SMILES string of the molecule is COC(=O)N1CCN(Cc2nnnn2C2CC2)CC1. The third-order valence-electron chi connectivity index (χ3n) is 3.62. The molecule has 0 N–H and O–H groups in total. The van der Waals surface area contributed by atoms with Crippen LogP contribution in [0.15, 0.2) is 0 Å². The fourth-order valence-corrected chi connectivity index (χ4v) is 2.34. The highest BCUT2D eigenvalue weighted by atomic mass is 16.5. The Morgan fingerprint density at radius 1 is 1.32 bits per heavy atom. The molecule has 1 saturated carbocycles. The summed E-state index contributed by atoms with van der Waals surface area (Å²) in [6.45, 7) is 3.78. The molecule has 2 fully saturated rings. The molecule has 2 heterocycles. The molecule has 1 amide bonds.